The largest absolute Gasteiger partial charge is 0.496 e. The molecule has 4 rings (SSSR count). The van der Waals surface area contributed by atoms with Gasteiger partial charge in [0.1, 0.15) is 11.3 Å². The number of halogens is 1. The molecule has 0 aromatic heterocycles. The van der Waals surface area contributed by atoms with Crippen LogP contribution < -0.4 is 10.1 Å². The highest BCUT2D eigenvalue weighted by molar-refractivity contribution is 9.10. The predicted molar refractivity (Wildman–Crippen MR) is 121 cm³/mol. The number of nitrogens with one attached hydrogen (secondary N) is 1. The van der Waals surface area contributed by atoms with Crippen molar-refractivity contribution in [1.29, 1.82) is 0 Å². The van der Waals surface area contributed by atoms with Gasteiger partial charge in [-0.1, -0.05) is 41.3 Å². The molecular formula is C24H27BrN2O3. The summed E-state index contributed by atoms with van der Waals surface area (Å²) in [6, 6.07) is 9.56. The van der Waals surface area contributed by atoms with Crippen molar-refractivity contribution in [2.75, 3.05) is 12.4 Å². The first-order valence-electron chi connectivity index (χ1n) is 10.4. The molecule has 1 aliphatic heterocycles. The van der Waals surface area contributed by atoms with E-state index in [1.165, 1.54) is 0 Å². The molecule has 1 saturated carbocycles. The smallest absolute Gasteiger partial charge is 0.255 e. The van der Waals surface area contributed by atoms with Crippen LogP contribution in [0.1, 0.15) is 59.2 Å². The number of carbonyl (C=O) groups excluding carboxylic acids is 2. The molecule has 2 aliphatic rings. The van der Waals surface area contributed by atoms with Crippen LogP contribution in [-0.2, 0) is 11.3 Å². The Hall–Kier alpha value is -2.34. The molecule has 1 heterocycles. The van der Waals surface area contributed by atoms with Gasteiger partial charge in [-0.25, -0.2) is 0 Å². The van der Waals surface area contributed by atoms with Gasteiger partial charge in [0.05, 0.1) is 7.11 Å². The Morgan fingerprint density at radius 1 is 1.10 bits per heavy atom. The van der Waals surface area contributed by atoms with E-state index in [0.29, 0.717) is 30.6 Å². The molecule has 0 unspecified atom stereocenters. The summed E-state index contributed by atoms with van der Waals surface area (Å²) < 4.78 is 6.29. The lowest BCUT2D eigenvalue weighted by molar-refractivity contribution is -0.129. The van der Waals surface area contributed by atoms with E-state index in [1.807, 2.05) is 49.1 Å². The van der Waals surface area contributed by atoms with Gasteiger partial charge in [0.15, 0.2) is 0 Å². The number of methoxy groups -OCH3 is 1. The molecule has 2 aromatic rings. The van der Waals surface area contributed by atoms with Crippen molar-refractivity contribution in [2.45, 2.75) is 58.0 Å². The summed E-state index contributed by atoms with van der Waals surface area (Å²) in [5.74, 6) is 0.578. The maximum absolute atomic E-state index is 13.7. The minimum absolute atomic E-state index is 0.0482. The van der Waals surface area contributed by atoms with Gasteiger partial charge in [-0.2, -0.15) is 0 Å². The Morgan fingerprint density at radius 3 is 2.53 bits per heavy atom. The van der Waals surface area contributed by atoms with Crippen LogP contribution in [0.15, 0.2) is 34.8 Å². The molecular weight excluding hydrogens is 444 g/mol. The van der Waals surface area contributed by atoms with E-state index in [0.717, 1.165) is 46.2 Å². The molecule has 0 bridgehead atoms. The zero-order valence-electron chi connectivity index (χ0n) is 17.7. The number of rotatable bonds is 4. The van der Waals surface area contributed by atoms with Crippen molar-refractivity contribution in [1.82, 2.24) is 4.90 Å². The third-order valence-electron chi connectivity index (χ3n) is 6.52. The third kappa shape index (κ3) is 3.51. The van der Waals surface area contributed by atoms with E-state index in [4.69, 9.17) is 4.74 Å². The zero-order chi connectivity index (χ0) is 21.5. The van der Waals surface area contributed by atoms with Gasteiger partial charge in [-0.3, -0.25) is 9.59 Å². The Labute approximate surface area is 185 Å². The topological polar surface area (TPSA) is 58.6 Å². The molecule has 5 nitrogen and oxygen atoms in total. The average Bonchev–Trinajstić information content (AvgIpc) is 3.07. The van der Waals surface area contributed by atoms with Gasteiger partial charge < -0.3 is 15.0 Å². The Bertz CT molecular complexity index is 1010. The van der Waals surface area contributed by atoms with Gasteiger partial charge in [-0.05, 0) is 61.6 Å². The quantitative estimate of drug-likeness (QED) is 0.652. The molecule has 1 fully saturated rings. The highest BCUT2D eigenvalue weighted by Crippen LogP contribution is 2.41. The fourth-order valence-corrected chi connectivity index (χ4v) is 5.37. The molecule has 0 saturated heterocycles. The Morgan fingerprint density at radius 2 is 1.83 bits per heavy atom. The van der Waals surface area contributed by atoms with Crippen molar-refractivity contribution < 1.29 is 14.3 Å². The van der Waals surface area contributed by atoms with E-state index in [9.17, 15) is 9.59 Å². The highest BCUT2D eigenvalue weighted by Gasteiger charge is 2.50. The van der Waals surface area contributed by atoms with Crippen LogP contribution in [0.3, 0.4) is 0 Å². The van der Waals surface area contributed by atoms with E-state index >= 15 is 0 Å². The maximum atomic E-state index is 13.7. The second-order valence-electron chi connectivity index (χ2n) is 8.37. The average molecular weight is 471 g/mol. The van der Waals surface area contributed by atoms with Crippen LogP contribution in [0.2, 0.25) is 0 Å². The lowest BCUT2D eigenvalue weighted by atomic mass is 9.79. The second-order valence-corrected chi connectivity index (χ2v) is 9.29. The van der Waals surface area contributed by atoms with Crippen LogP contribution in [0.4, 0.5) is 5.69 Å². The van der Waals surface area contributed by atoms with Crippen molar-refractivity contribution in [2.24, 2.45) is 0 Å². The molecule has 1 N–H and O–H groups in total. The molecule has 30 heavy (non-hydrogen) atoms. The number of benzene rings is 2. The summed E-state index contributed by atoms with van der Waals surface area (Å²) in [4.78, 5) is 28.9. The standard InChI is InChI=1S/C24H27BrN2O3/c1-15-7-8-18(13-21(15)30-3)26-23(29)24(9-5-4-6-10-24)27-14-20-16(2)11-17(25)12-19(20)22(27)28/h7-8,11-13H,4-6,9-10,14H2,1-3H3,(H,26,29). The number of aryl methyl sites for hydroxylation is 2. The lowest BCUT2D eigenvalue weighted by Gasteiger charge is -2.43. The predicted octanol–water partition coefficient (Wildman–Crippen LogP) is 5.37. The molecule has 0 spiro atoms. The highest BCUT2D eigenvalue weighted by atomic mass is 79.9. The SMILES string of the molecule is COc1cc(NC(=O)C2(N3Cc4c(C)cc(Br)cc4C3=O)CCCCC2)ccc1C. The fourth-order valence-electron chi connectivity index (χ4n) is 4.80. The molecule has 1 aliphatic carbocycles. The van der Waals surface area contributed by atoms with Gasteiger partial charge in [0, 0.05) is 28.3 Å². The number of hydrogen-bond acceptors (Lipinski definition) is 3. The molecule has 0 radical (unpaired) electrons. The number of amides is 2. The molecule has 6 heteroatoms. The normalized spacial score (nSPS) is 17.6. The molecule has 2 aromatic carbocycles. The van der Waals surface area contributed by atoms with Crippen molar-refractivity contribution >= 4 is 33.4 Å². The van der Waals surface area contributed by atoms with Crippen LogP contribution in [0.25, 0.3) is 0 Å². The third-order valence-corrected chi connectivity index (χ3v) is 6.97. The van der Waals surface area contributed by atoms with Gasteiger partial charge in [0.2, 0.25) is 5.91 Å². The first-order valence-corrected chi connectivity index (χ1v) is 11.2. The second kappa shape index (κ2) is 8.06. The van der Waals surface area contributed by atoms with Crippen LogP contribution >= 0.6 is 15.9 Å². The van der Waals surface area contributed by atoms with Crippen molar-refractivity contribution in [3.63, 3.8) is 0 Å². The molecule has 2 amide bonds. The molecule has 158 valence electrons. The van der Waals surface area contributed by atoms with E-state index in [-0.39, 0.29) is 11.8 Å². The number of fused-ring (bicyclic) bond motifs is 1. The Balaban J connectivity index is 1.68. The number of hydrogen-bond donors (Lipinski definition) is 1. The lowest BCUT2D eigenvalue weighted by Crippen LogP contribution is -2.58. The van der Waals surface area contributed by atoms with E-state index < -0.39 is 5.54 Å². The maximum Gasteiger partial charge on any atom is 0.255 e. The summed E-state index contributed by atoms with van der Waals surface area (Å²) in [6.45, 7) is 4.47. The summed E-state index contributed by atoms with van der Waals surface area (Å²) in [6.07, 6.45) is 4.33. The summed E-state index contributed by atoms with van der Waals surface area (Å²) in [5.41, 5.74) is 3.68. The first kappa shape index (κ1) is 20.9. The number of anilines is 1. The Kier molecular flexibility index (Phi) is 5.62. The van der Waals surface area contributed by atoms with Gasteiger partial charge in [0.25, 0.3) is 5.91 Å². The summed E-state index contributed by atoms with van der Waals surface area (Å²) in [5, 5.41) is 3.08. The van der Waals surface area contributed by atoms with Gasteiger partial charge >= 0.3 is 0 Å². The first-order chi connectivity index (χ1) is 14.4. The van der Waals surface area contributed by atoms with E-state index in [1.54, 1.807) is 7.11 Å². The monoisotopic (exact) mass is 470 g/mol. The molecule has 0 atom stereocenters. The minimum atomic E-state index is -0.828. The summed E-state index contributed by atoms with van der Waals surface area (Å²) in [7, 11) is 1.62. The van der Waals surface area contributed by atoms with Crippen LogP contribution in [-0.4, -0.2) is 29.4 Å². The van der Waals surface area contributed by atoms with Crippen LogP contribution in [0.5, 0.6) is 5.75 Å². The van der Waals surface area contributed by atoms with Crippen molar-refractivity contribution in [3.05, 3.63) is 57.1 Å². The van der Waals surface area contributed by atoms with Crippen molar-refractivity contribution in [3.8, 4) is 5.75 Å². The zero-order valence-corrected chi connectivity index (χ0v) is 19.3. The number of ether oxygens (including phenoxy) is 1. The number of carbonyl (C=O) groups is 2. The number of nitrogens with zero attached hydrogens (tertiary/aromatic N) is 1. The minimum Gasteiger partial charge on any atom is -0.496 e. The summed E-state index contributed by atoms with van der Waals surface area (Å²) >= 11 is 3.50. The van der Waals surface area contributed by atoms with Gasteiger partial charge in [-0.15, -0.1) is 0 Å². The van der Waals surface area contributed by atoms with E-state index in [2.05, 4.69) is 21.2 Å². The van der Waals surface area contributed by atoms with Crippen LogP contribution in [0, 0.1) is 13.8 Å². The fraction of sp³-hybridized carbons (Fsp3) is 0.417.